The Morgan fingerprint density at radius 1 is 1.24 bits per heavy atom. The number of benzene rings is 2. The first-order valence-electron chi connectivity index (χ1n) is 10.6. The van der Waals surface area contributed by atoms with Crippen LogP contribution in [-0.2, 0) is 10.4 Å². The number of nitrogens with zero attached hydrogens (tertiary/aromatic N) is 1. The standard InChI is InChI=1S/C24H30N2O3/c1-4-17(2)26-23(27)21-9-5-6-10-22(21)25-24(26,3)18-11-13-19(14-12-18)29-16-20-8-7-15-28-20/h5-6,9-14,17,20,25H,4,7-8,15-16H2,1-3H3. The van der Waals surface area contributed by atoms with Crippen molar-refractivity contribution in [2.75, 3.05) is 18.5 Å². The van der Waals surface area contributed by atoms with Crippen LogP contribution in [0.3, 0.4) is 0 Å². The van der Waals surface area contributed by atoms with E-state index in [0.717, 1.165) is 48.4 Å². The van der Waals surface area contributed by atoms with Crippen LogP contribution in [0.2, 0.25) is 0 Å². The SMILES string of the molecule is CCC(C)N1C(=O)c2ccccc2NC1(C)c1ccc(OCC2CCCO2)cc1. The zero-order valence-corrected chi connectivity index (χ0v) is 17.5. The van der Waals surface area contributed by atoms with E-state index in [1.807, 2.05) is 41.3 Å². The van der Waals surface area contributed by atoms with Crippen molar-refractivity contribution >= 4 is 11.6 Å². The van der Waals surface area contributed by atoms with E-state index in [-0.39, 0.29) is 18.1 Å². The maximum absolute atomic E-state index is 13.4. The minimum absolute atomic E-state index is 0.0647. The number of anilines is 1. The monoisotopic (exact) mass is 394 g/mol. The average molecular weight is 395 g/mol. The third kappa shape index (κ3) is 3.71. The molecule has 3 atom stereocenters. The highest BCUT2D eigenvalue weighted by atomic mass is 16.5. The smallest absolute Gasteiger partial charge is 0.258 e. The number of fused-ring (bicyclic) bond motifs is 1. The van der Waals surface area contributed by atoms with E-state index < -0.39 is 5.66 Å². The first kappa shape index (κ1) is 19.8. The van der Waals surface area contributed by atoms with Gasteiger partial charge in [-0.3, -0.25) is 4.79 Å². The predicted molar refractivity (Wildman–Crippen MR) is 114 cm³/mol. The van der Waals surface area contributed by atoms with Gasteiger partial charge in [0.15, 0.2) is 0 Å². The number of hydrogen-bond donors (Lipinski definition) is 1. The van der Waals surface area contributed by atoms with Gasteiger partial charge in [0.1, 0.15) is 18.0 Å². The topological polar surface area (TPSA) is 50.8 Å². The van der Waals surface area contributed by atoms with Crippen molar-refractivity contribution in [2.45, 2.75) is 57.8 Å². The summed E-state index contributed by atoms with van der Waals surface area (Å²) >= 11 is 0. The van der Waals surface area contributed by atoms with Crippen molar-refractivity contribution in [3.05, 3.63) is 59.7 Å². The Morgan fingerprint density at radius 2 is 2.00 bits per heavy atom. The Morgan fingerprint density at radius 3 is 2.69 bits per heavy atom. The van der Waals surface area contributed by atoms with Gasteiger partial charge in [0, 0.05) is 18.3 Å². The molecule has 154 valence electrons. The maximum atomic E-state index is 13.4. The fourth-order valence-electron chi connectivity index (χ4n) is 4.31. The second-order valence-electron chi connectivity index (χ2n) is 8.15. The molecule has 2 aromatic rings. The Kier molecular flexibility index (Phi) is 5.50. The Labute approximate surface area is 173 Å². The van der Waals surface area contributed by atoms with Gasteiger partial charge in [-0.1, -0.05) is 31.2 Å². The van der Waals surface area contributed by atoms with Gasteiger partial charge in [-0.25, -0.2) is 0 Å². The number of hydrogen-bond acceptors (Lipinski definition) is 4. The van der Waals surface area contributed by atoms with Crippen molar-refractivity contribution in [3.63, 3.8) is 0 Å². The van der Waals surface area contributed by atoms with Crippen LogP contribution in [0.4, 0.5) is 5.69 Å². The molecule has 0 aromatic heterocycles. The number of ether oxygens (including phenoxy) is 2. The molecule has 3 unspecified atom stereocenters. The number of para-hydroxylation sites is 1. The van der Waals surface area contributed by atoms with Gasteiger partial charge >= 0.3 is 0 Å². The zero-order valence-electron chi connectivity index (χ0n) is 17.5. The van der Waals surface area contributed by atoms with Gasteiger partial charge < -0.3 is 19.7 Å². The van der Waals surface area contributed by atoms with Gasteiger partial charge in [0.05, 0.1) is 11.7 Å². The summed E-state index contributed by atoms with van der Waals surface area (Å²) in [7, 11) is 0. The molecule has 5 heteroatoms. The third-order valence-corrected chi connectivity index (χ3v) is 6.14. The highest BCUT2D eigenvalue weighted by Gasteiger charge is 2.44. The van der Waals surface area contributed by atoms with E-state index in [0.29, 0.717) is 6.61 Å². The molecule has 1 fully saturated rings. The van der Waals surface area contributed by atoms with Crippen LogP contribution >= 0.6 is 0 Å². The second-order valence-corrected chi connectivity index (χ2v) is 8.15. The van der Waals surface area contributed by atoms with Crippen LogP contribution in [0, 0.1) is 0 Å². The number of amides is 1. The molecule has 0 spiro atoms. The maximum Gasteiger partial charge on any atom is 0.258 e. The molecule has 0 aliphatic carbocycles. The van der Waals surface area contributed by atoms with E-state index in [2.05, 4.69) is 38.2 Å². The van der Waals surface area contributed by atoms with Crippen LogP contribution in [0.15, 0.2) is 48.5 Å². The summed E-state index contributed by atoms with van der Waals surface area (Å²) in [5, 5.41) is 3.63. The quantitative estimate of drug-likeness (QED) is 0.766. The normalized spacial score (nSPS) is 24.7. The molecule has 0 radical (unpaired) electrons. The van der Waals surface area contributed by atoms with Crippen LogP contribution in [0.1, 0.15) is 56.0 Å². The summed E-state index contributed by atoms with van der Waals surface area (Å²) in [5.41, 5.74) is 2.00. The van der Waals surface area contributed by atoms with E-state index in [4.69, 9.17) is 9.47 Å². The summed E-state index contributed by atoms with van der Waals surface area (Å²) in [5.74, 6) is 0.889. The fourth-order valence-corrected chi connectivity index (χ4v) is 4.31. The van der Waals surface area contributed by atoms with Gasteiger partial charge in [-0.15, -0.1) is 0 Å². The molecule has 2 aliphatic rings. The van der Waals surface area contributed by atoms with Crippen molar-refractivity contribution in [1.82, 2.24) is 4.90 Å². The summed E-state index contributed by atoms with van der Waals surface area (Å²) in [6.07, 6.45) is 3.25. The number of carbonyl (C=O) groups excluding carboxylic acids is 1. The lowest BCUT2D eigenvalue weighted by molar-refractivity contribution is 0.0399. The van der Waals surface area contributed by atoms with Crippen molar-refractivity contribution < 1.29 is 14.3 Å². The lowest BCUT2D eigenvalue weighted by atomic mass is 9.91. The number of carbonyl (C=O) groups is 1. The summed E-state index contributed by atoms with van der Waals surface area (Å²) in [6.45, 7) is 7.71. The van der Waals surface area contributed by atoms with E-state index in [1.165, 1.54) is 0 Å². The predicted octanol–water partition coefficient (Wildman–Crippen LogP) is 4.78. The van der Waals surface area contributed by atoms with Crippen LogP contribution in [0.5, 0.6) is 5.75 Å². The Balaban J connectivity index is 1.61. The molecule has 2 heterocycles. The zero-order chi connectivity index (χ0) is 20.4. The van der Waals surface area contributed by atoms with Crippen LogP contribution < -0.4 is 10.1 Å². The minimum Gasteiger partial charge on any atom is -0.491 e. The first-order chi connectivity index (χ1) is 14.0. The molecule has 0 bridgehead atoms. The molecule has 0 saturated carbocycles. The molecule has 5 nitrogen and oxygen atoms in total. The molecule has 1 saturated heterocycles. The van der Waals surface area contributed by atoms with Crippen molar-refractivity contribution in [3.8, 4) is 5.75 Å². The summed E-state index contributed by atoms with van der Waals surface area (Å²) < 4.78 is 11.5. The number of nitrogens with one attached hydrogen (secondary N) is 1. The lowest BCUT2D eigenvalue weighted by Gasteiger charge is -2.49. The van der Waals surface area contributed by atoms with Gasteiger partial charge in [-0.2, -0.15) is 0 Å². The number of rotatable bonds is 6. The van der Waals surface area contributed by atoms with E-state index >= 15 is 0 Å². The molecular weight excluding hydrogens is 364 g/mol. The van der Waals surface area contributed by atoms with Gasteiger partial charge in [0.25, 0.3) is 5.91 Å². The molecule has 1 N–H and O–H groups in total. The highest BCUT2D eigenvalue weighted by Crippen LogP contribution is 2.40. The second kappa shape index (κ2) is 8.07. The first-order valence-corrected chi connectivity index (χ1v) is 10.6. The molecule has 2 aliphatic heterocycles. The summed E-state index contributed by atoms with van der Waals surface area (Å²) in [6, 6.07) is 15.9. The Bertz CT molecular complexity index is 861. The van der Waals surface area contributed by atoms with E-state index in [1.54, 1.807) is 0 Å². The van der Waals surface area contributed by atoms with Gasteiger partial charge in [0.2, 0.25) is 0 Å². The molecule has 4 rings (SSSR count). The molecular formula is C24H30N2O3. The average Bonchev–Trinajstić information content (AvgIpc) is 3.26. The van der Waals surface area contributed by atoms with Crippen LogP contribution in [-0.4, -0.2) is 36.2 Å². The van der Waals surface area contributed by atoms with Gasteiger partial charge in [-0.05, 0) is 62.9 Å². The highest BCUT2D eigenvalue weighted by molar-refractivity contribution is 6.02. The van der Waals surface area contributed by atoms with E-state index in [9.17, 15) is 4.79 Å². The molecule has 1 amide bonds. The summed E-state index contributed by atoms with van der Waals surface area (Å²) in [4.78, 5) is 15.3. The third-order valence-electron chi connectivity index (χ3n) is 6.14. The fraction of sp³-hybridized carbons (Fsp3) is 0.458. The minimum atomic E-state index is -0.631. The lowest BCUT2D eigenvalue weighted by Crippen LogP contribution is -2.58. The van der Waals surface area contributed by atoms with Crippen molar-refractivity contribution in [2.24, 2.45) is 0 Å². The molecule has 29 heavy (non-hydrogen) atoms. The Hall–Kier alpha value is -2.53. The molecule has 2 aromatic carbocycles. The van der Waals surface area contributed by atoms with Crippen LogP contribution in [0.25, 0.3) is 0 Å². The largest absolute Gasteiger partial charge is 0.491 e. The van der Waals surface area contributed by atoms with Crippen molar-refractivity contribution in [1.29, 1.82) is 0 Å².